The minimum Gasteiger partial charge on any atom is -0.382 e. The molecule has 6 heteroatoms. The molecule has 1 saturated heterocycles. The molecule has 1 fully saturated rings. The van der Waals surface area contributed by atoms with Crippen molar-refractivity contribution in [2.45, 2.75) is 19.8 Å². The highest BCUT2D eigenvalue weighted by Gasteiger charge is 2.24. The number of nitrogens with one attached hydrogen (secondary N) is 1. The van der Waals surface area contributed by atoms with Crippen LogP contribution in [0.1, 0.15) is 18.9 Å². The van der Waals surface area contributed by atoms with E-state index in [2.05, 4.69) is 17.1 Å². The van der Waals surface area contributed by atoms with Crippen LogP contribution in [0.2, 0.25) is 0 Å². The summed E-state index contributed by atoms with van der Waals surface area (Å²) in [7, 11) is 1.68. The van der Waals surface area contributed by atoms with E-state index in [1.165, 1.54) is 6.07 Å². The summed E-state index contributed by atoms with van der Waals surface area (Å²) >= 11 is 0. The molecule has 0 saturated carbocycles. The SMILES string of the molecule is CCNC(=NCCc1cccc(F)c1)N1CCC(COCCOC)C1. The number of rotatable bonds is 9. The number of nitrogens with zero attached hydrogens (tertiary/aromatic N) is 2. The van der Waals surface area contributed by atoms with Crippen LogP contribution in [0.3, 0.4) is 0 Å². The molecule has 1 aromatic rings. The van der Waals surface area contributed by atoms with Gasteiger partial charge >= 0.3 is 0 Å². The highest BCUT2D eigenvalue weighted by molar-refractivity contribution is 5.80. The van der Waals surface area contributed by atoms with Crippen LogP contribution >= 0.6 is 0 Å². The van der Waals surface area contributed by atoms with E-state index in [1.807, 2.05) is 6.07 Å². The molecular formula is C19H30FN3O2. The number of likely N-dealkylation sites (tertiary alicyclic amines) is 1. The highest BCUT2D eigenvalue weighted by Crippen LogP contribution is 2.16. The lowest BCUT2D eigenvalue weighted by molar-refractivity contribution is 0.0536. The molecule has 140 valence electrons. The monoisotopic (exact) mass is 351 g/mol. The van der Waals surface area contributed by atoms with Crippen molar-refractivity contribution in [3.8, 4) is 0 Å². The van der Waals surface area contributed by atoms with E-state index in [9.17, 15) is 4.39 Å². The van der Waals surface area contributed by atoms with Gasteiger partial charge in [-0.2, -0.15) is 0 Å². The van der Waals surface area contributed by atoms with Crippen molar-refractivity contribution in [2.75, 3.05) is 53.1 Å². The van der Waals surface area contributed by atoms with Crippen molar-refractivity contribution in [3.05, 3.63) is 35.6 Å². The van der Waals surface area contributed by atoms with Gasteiger partial charge in [-0.05, 0) is 37.5 Å². The van der Waals surface area contributed by atoms with Crippen LogP contribution in [0, 0.1) is 11.7 Å². The van der Waals surface area contributed by atoms with Crippen molar-refractivity contribution in [1.29, 1.82) is 0 Å². The molecule has 0 bridgehead atoms. The summed E-state index contributed by atoms with van der Waals surface area (Å²) in [4.78, 5) is 7.00. The number of halogens is 1. The molecule has 0 radical (unpaired) electrons. The predicted octanol–water partition coefficient (Wildman–Crippen LogP) is 2.32. The maximum absolute atomic E-state index is 13.2. The smallest absolute Gasteiger partial charge is 0.193 e. The van der Waals surface area contributed by atoms with E-state index in [0.29, 0.717) is 25.7 Å². The first-order chi connectivity index (χ1) is 12.2. The van der Waals surface area contributed by atoms with Gasteiger partial charge in [0.1, 0.15) is 5.82 Å². The van der Waals surface area contributed by atoms with Crippen molar-refractivity contribution < 1.29 is 13.9 Å². The van der Waals surface area contributed by atoms with Gasteiger partial charge in [0.05, 0.1) is 19.8 Å². The third-order valence-corrected chi connectivity index (χ3v) is 4.26. The second-order valence-electron chi connectivity index (χ2n) is 6.28. The molecule has 2 rings (SSSR count). The Morgan fingerprint density at radius 2 is 2.28 bits per heavy atom. The topological polar surface area (TPSA) is 46.1 Å². The van der Waals surface area contributed by atoms with Crippen molar-refractivity contribution >= 4 is 5.96 Å². The van der Waals surface area contributed by atoms with Gasteiger partial charge in [-0.15, -0.1) is 0 Å². The molecule has 0 spiro atoms. The number of ether oxygens (including phenoxy) is 2. The van der Waals surface area contributed by atoms with Gasteiger partial charge in [-0.3, -0.25) is 4.99 Å². The summed E-state index contributed by atoms with van der Waals surface area (Å²) in [5.41, 5.74) is 0.977. The summed E-state index contributed by atoms with van der Waals surface area (Å²) in [6.07, 6.45) is 1.85. The fraction of sp³-hybridized carbons (Fsp3) is 0.632. The van der Waals surface area contributed by atoms with E-state index in [-0.39, 0.29) is 5.82 Å². The van der Waals surface area contributed by atoms with Crippen LogP contribution in [0.5, 0.6) is 0 Å². The zero-order chi connectivity index (χ0) is 17.9. The Labute approximate surface area is 150 Å². The Morgan fingerprint density at radius 1 is 1.40 bits per heavy atom. The third-order valence-electron chi connectivity index (χ3n) is 4.26. The molecule has 1 aliphatic rings. The first-order valence-corrected chi connectivity index (χ1v) is 9.07. The first kappa shape index (κ1) is 19.7. The summed E-state index contributed by atoms with van der Waals surface area (Å²) in [5.74, 6) is 1.28. The molecule has 1 aliphatic heterocycles. The summed E-state index contributed by atoms with van der Waals surface area (Å²) in [5, 5.41) is 3.36. The average molecular weight is 351 g/mol. The Bertz CT molecular complexity index is 539. The fourth-order valence-electron chi connectivity index (χ4n) is 2.96. The average Bonchev–Trinajstić information content (AvgIpc) is 3.07. The number of aliphatic imine (C=N–C) groups is 1. The van der Waals surface area contributed by atoms with Crippen LogP contribution in [0.25, 0.3) is 0 Å². The summed E-state index contributed by atoms with van der Waals surface area (Å²) in [6.45, 7) is 7.56. The van der Waals surface area contributed by atoms with Gasteiger partial charge in [0, 0.05) is 39.2 Å². The molecule has 0 aliphatic carbocycles. The van der Waals surface area contributed by atoms with E-state index < -0.39 is 0 Å². The maximum atomic E-state index is 13.2. The highest BCUT2D eigenvalue weighted by atomic mass is 19.1. The third kappa shape index (κ3) is 7.00. The lowest BCUT2D eigenvalue weighted by Gasteiger charge is -2.21. The quantitative estimate of drug-likeness (QED) is 0.421. The van der Waals surface area contributed by atoms with Crippen LogP contribution in [-0.4, -0.2) is 64.0 Å². The molecular weight excluding hydrogens is 321 g/mol. The number of benzene rings is 1. The second-order valence-corrected chi connectivity index (χ2v) is 6.28. The molecule has 1 N–H and O–H groups in total. The summed E-state index contributed by atoms with van der Waals surface area (Å²) in [6, 6.07) is 6.73. The van der Waals surface area contributed by atoms with Crippen LogP contribution in [-0.2, 0) is 15.9 Å². The zero-order valence-electron chi connectivity index (χ0n) is 15.3. The van der Waals surface area contributed by atoms with Crippen LogP contribution in [0.15, 0.2) is 29.3 Å². The minimum atomic E-state index is -0.191. The zero-order valence-corrected chi connectivity index (χ0v) is 15.3. The van der Waals surface area contributed by atoms with Gasteiger partial charge < -0.3 is 19.7 Å². The molecule has 1 heterocycles. The molecule has 1 atom stereocenters. The molecule has 1 aromatic carbocycles. The number of hydrogen-bond donors (Lipinski definition) is 1. The lowest BCUT2D eigenvalue weighted by atomic mass is 10.1. The van der Waals surface area contributed by atoms with Crippen molar-refractivity contribution in [3.63, 3.8) is 0 Å². The largest absolute Gasteiger partial charge is 0.382 e. The van der Waals surface area contributed by atoms with E-state index in [1.54, 1.807) is 19.2 Å². The van der Waals surface area contributed by atoms with Crippen molar-refractivity contribution in [1.82, 2.24) is 10.2 Å². The van der Waals surface area contributed by atoms with Gasteiger partial charge in [0.2, 0.25) is 0 Å². The number of guanidine groups is 1. The number of hydrogen-bond acceptors (Lipinski definition) is 3. The number of methoxy groups -OCH3 is 1. The van der Waals surface area contributed by atoms with E-state index >= 15 is 0 Å². The summed E-state index contributed by atoms with van der Waals surface area (Å²) < 4.78 is 23.9. The van der Waals surface area contributed by atoms with Gasteiger partial charge in [-0.25, -0.2) is 4.39 Å². The van der Waals surface area contributed by atoms with E-state index in [0.717, 1.165) is 50.6 Å². The minimum absolute atomic E-state index is 0.191. The Hall–Kier alpha value is -1.66. The Morgan fingerprint density at radius 3 is 3.04 bits per heavy atom. The Kier molecular flexibility index (Phi) is 8.69. The van der Waals surface area contributed by atoms with Crippen molar-refractivity contribution in [2.24, 2.45) is 10.9 Å². The second kappa shape index (κ2) is 11.1. The first-order valence-electron chi connectivity index (χ1n) is 9.07. The molecule has 0 amide bonds. The molecule has 25 heavy (non-hydrogen) atoms. The van der Waals surface area contributed by atoms with Crippen LogP contribution < -0.4 is 5.32 Å². The molecule has 1 unspecified atom stereocenters. The van der Waals surface area contributed by atoms with Gasteiger partial charge in [-0.1, -0.05) is 12.1 Å². The van der Waals surface area contributed by atoms with Gasteiger partial charge in [0.25, 0.3) is 0 Å². The molecule has 5 nitrogen and oxygen atoms in total. The maximum Gasteiger partial charge on any atom is 0.193 e. The predicted molar refractivity (Wildman–Crippen MR) is 98.5 cm³/mol. The molecule has 0 aromatic heterocycles. The Balaban J connectivity index is 1.81. The standard InChI is InChI=1S/C19H30FN3O2/c1-3-21-19(22-9-7-16-5-4-6-18(20)13-16)23-10-8-17(14-23)15-25-12-11-24-2/h4-6,13,17H,3,7-12,14-15H2,1-2H3,(H,21,22). The van der Waals surface area contributed by atoms with Crippen LogP contribution in [0.4, 0.5) is 4.39 Å². The van der Waals surface area contributed by atoms with Gasteiger partial charge in [0.15, 0.2) is 5.96 Å². The fourth-order valence-corrected chi connectivity index (χ4v) is 2.96. The lowest BCUT2D eigenvalue weighted by Crippen LogP contribution is -2.40. The normalized spacial score (nSPS) is 18.0. The van der Waals surface area contributed by atoms with E-state index in [4.69, 9.17) is 14.5 Å².